The lowest BCUT2D eigenvalue weighted by Gasteiger charge is -2.35. The highest BCUT2D eigenvalue weighted by atomic mass is 16.5. The van der Waals surface area contributed by atoms with E-state index in [1.807, 2.05) is 13.8 Å². The van der Waals surface area contributed by atoms with Crippen LogP contribution in [-0.4, -0.2) is 42.6 Å². The second-order valence-electron chi connectivity index (χ2n) is 4.44. The van der Waals surface area contributed by atoms with Gasteiger partial charge in [0.25, 0.3) is 0 Å². The fourth-order valence-electron chi connectivity index (χ4n) is 1.89. The van der Waals surface area contributed by atoms with Crippen molar-refractivity contribution < 1.29 is 9.53 Å². The van der Waals surface area contributed by atoms with Crippen molar-refractivity contribution in [3.63, 3.8) is 0 Å². The Kier molecular flexibility index (Phi) is 4.54. The Balaban J connectivity index is 2.53. The van der Waals surface area contributed by atoms with Crippen LogP contribution in [0.5, 0.6) is 0 Å². The van der Waals surface area contributed by atoms with Crippen LogP contribution in [0.15, 0.2) is 0 Å². The molecule has 2 atom stereocenters. The van der Waals surface area contributed by atoms with Gasteiger partial charge in [0, 0.05) is 12.6 Å². The molecule has 1 heterocycles. The van der Waals surface area contributed by atoms with Gasteiger partial charge in [-0.3, -0.25) is 4.79 Å². The number of esters is 1. The highest BCUT2D eigenvalue weighted by Gasteiger charge is 2.32. The van der Waals surface area contributed by atoms with Gasteiger partial charge in [-0.25, -0.2) is 0 Å². The fraction of sp³-hybridized carbons (Fsp3) is 0.909. The Morgan fingerprint density at radius 1 is 1.60 bits per heavy atom. The molecular formula is C11H22N2O2. The molecule has 88 valence electrons. The molecule has 0 aromatic rings. The summed E-state index contributed by atoms with van der Waals surface area (Å²) in [6.45, 7) is 8.53. The number of carbonyl (C=O) groups excluding carboxylic acids is 1. The normalized spacial score (nSPS) is 28.1. The van der Waals surface area contributed by atoms with Crippen LogP contribution in [0.1, 0.15) is 27.2 Å². The topological polar surface area (TPSA) is 55.6 Å². The summed E-state index contributed by atoms with van der Waals surface area (Å²) >= 11 is 0. The van der Waals surface area contributed by atoms with Crippen LogP contribution < -0.4 is 5.73 Å². The Labute approximate surface area is 91.8 Å². The summed E-state index contributed by atoms with van der Waals surface area (Å²) in [7, 11) is 0. The molecule has 0 bridgehead atoms. The van der Waals surface area contributed by atoms with Gasteiger partial charge in [0.15, 0.2) is 0 Å². The average molecular weight is 214 g/mol. The van der Waals surface area contributed by atoms with Crippen molar-refractivity contribution in [2.45, 2.75) is 39.3 Å². The first-order valence-electron chi connectivity index (χ1n) is 5.73. The molecule has 15 heavy (non-hydrogen) atoms. The van der Waals surface area contributed by atoms with E-state index in [1.165, 1.54) is 0 Å². The van der Waals surface area contributed by atoms with Gasteiger partial charge in [-0.2, -0.15) is 0 Å². The number of likely N-dealkylation sites (tertiary alicyclic amines) is 1. The van der Waals surface area contributed by atoms with Crippen LogP contribution in [0.4, 0.5) is 0 Å². The molecule has 0 saturated carbocycles. The van der Waals surface area contributed by atoms with Gasteiger partial charge < -0.3 is 15.4 Å². The van der Waals surface area contributed by atoms with E-state index < -0.39 is 0 Å². The van der Waals surface area contributed by atoms with Crippen LogP contribution in [0.3, 0.4) is 0 Å². The highest BCUT2D eigenvalue weighted by molar-refractivity contribution is 5.73. The Hall–Kier alpha value is -0.610. The first-order chi connectivity index (χ1) is 7.04. The molecule has 0 radical (unpaired) electrons. The van der Waals surface area contributed by atoms with E-state index in [0.717, 1.165) is 26.1 Å². The Morgan fingerprint density at radius 3 is 2.80 bits per heavy atom. The molecule has 0 unspecified atom stereocenters. The smallest absolute Gasteiger partial charge is 0.312 e. The van der Waals surface area contributed by atoms with Gasteiger partial charge in [-0.05, 0) is 33.4 Å². The van der Waals surface area contributed by atoms with E-state index in [2.05, 4.69) is 11.8 Å². The number of carbonyl (C=O) groups is 1. The zero-order valence-corrected chi connectivity index (χ0v) is 9.90. The molecule has 0 spiro atoms. The van der Waals surface area contributed by atoms with Crippen molar-refractivity contribution in [2.24, 2.45) is 11.7 Å². The summed E-state index contributed by atoms with van der Waals surface area (Å²) in [6, 6.07) is -0.0425. The van der Waals surface area contributed by atoms with Gasteiger partial charge in [-0.15, -0.1) is 0 Å². The maximum Gasteiger partial charge on any atom is 0.312 e. The maximum atomic E-state index is 11.8. The average Bonchev–Trinajstić information content (AvgIpc) is 2.17. The molecular weight excluding hydrogens is 192 g/mol. The first-order valence-corrected chi connectivity index (χ1v) is 5.73. The first kappa shape index (κ1) is 12.5. The minimum absolute atomic E-state index is 0.0425. The zero-order valence-electron chi connectivity index (χ0n) is 9.90. The van der Waals surface area contributed by atoms with Gasteiger partial charge >= 0.3 is 5.97 Å². The van der Waals surface area contributed by atoms with Crippen molar-refractivity contribution in [1.82, 2.24) is 4.90 Å². The number of rotatable bonds is 3. The molecule has 1 saturated heterocycles. The number of piperidine rings is 1. The number of hydrogen-bond acceptors (Lipinski definition) is 4. The second-order valence-corrected chi connectivity index (χ2v) is 4.44. The quantitative estimate of drug-likeness (QED) is 0.699. The van der Waals surface area contributed by atoms with Crippen LogP contribution in [0.2, 0.25) is 0 Å². The van der Waals surface area contributed by atoms with Crippen molar-refractivity contribution in [2.75, 3.05) is 19.6 Å². The van der Waals surface area contributed by atoms with Gasteiger partial charge in [-0.1, -0.05) is 6.92 Å². The monoisotopic (exact) mass is 214 g/mol. The highest BCUT2D eigenvalue weighted by Crippen LogP contribution is 2.17. The summed E-state index contributed by atoms with van der Waals surface area (Å²) in [6.07, 6.45) is 0.827. The maximum absolute atomic E-state index is 11.8. The van der Waals surface area contributed by atoms with E-state index in [0.29, 0.717) is 0 Å². The Bertz CT molecular complexity index is 219. The molecule has 4 nitrogen and oxygen atoms in total. The predicted octanol–water partition coefficient (Wildman–Crippen LogP) is 0.607. The Morgan fingerprint density at radius 2 is 2.27 bits per heavy atom. The van der Waals surface area contributed by atoms with Gasteiger partial charge in [0.1, 0.15) is 0 Å². The molecule has 0 amide bonds. The van der Waals surface area contributed by atoms with E-state index in [-0.39, 0.29) is 24.0 Å². The third-order valence-electron chi connectivity index (χ3n) is 2.85. The minimum Gasteiger partial charge on any atom is -0.463 e. The molecule has 1 aliphatic rings. The lowest BCUT2D eigenvalue weighted by atomic mass is 9.93. The molecule has 0 aromatic heterocycles. The lowest BCUT2D eigenvalue weighted by molar-refractivity contribution is -0.155. The molecule has 1 fully saturated rings. The summed E-state index contributed by atoms with van der Waals surface area (Å²) in [5.41, 5.74) is 5.95. The van der Waals surface area contributed by atoms with Gasteiger partial charge in [0.2, 0.25) is 0 Å². The predicted molar refractivity (Wildman–Crippen MR) is 59.4 cm³/mol. The van der Waals surface area contributed by atoms with Crippen LogP contribution in [-0.2, 0) is 9.53 Å². The van der Waals surface area contributed by atoms with E-state index in [1.54, 1.807) is 0 Å². The lowest BCUT2D eigenvalue weighted by Crippen LogP contribution is -2.50. The zero-order chi connectivity index (χ0) is 11.4. The van der Waals surface area contributed by atoms with Crippen LogP contribution in [0.25, 0.3) is 0 Å². The standard InChI is InChI=1S/C11H22N2O2/c1-4-13-6-5-10(12)9(7-13)11(14)15-8(2)3/h8-10H,4-7,12H2,1-3H3/t9-,10-/m1/s1. The molecule has 2 N–H and O–H groups in total. The van der Waals surface area contributed by atoms with E-state index in [9.17, 15) is 4.79 Å². The number of nitrogens with zero attached hydrogens (tertiary/aromatic N) is 1. The number of hydrogen-bond donors (Lipinski definition) is 1. The van der Waals surface area contributed by atoms with E-state index >= 15 is 0 Å². The molecule has 4 heteroatoms. The number of nitrogens with two attached hydrogens (primary N) is 1. The van der Waals surface area contributed by atoms with Crippen molar-refractivity contribution in [3.8, 4) is 0 Å². The van der Waals surface area contributed by atoms with Crippen LogP contribution in [0, 0.1) is 5.92 Å². The molecule has 0 aliphatic carbocycles. The van der Waals surface area contributed by atoms with Crippen LogP contribution >= 0.6 is 0 Å². The third kappa shape index (κ3) is 3.47. The molecule has 1 rings (SSSR count). The summed E-state index contributed by atoms with van der Waals surface area (Å²) < 4.78 is 5.21. The summed E-state index contributed by atoms with van der Waals surface area (Å²) in [5, 5.41) is 0. The minimum atomic E-state index is -0.152. The number of ether oxygens (including phenoxy) is 1. The largest absolute Gasteiger partial charge is 0.463 e. The van der Waals surface area contributed by atoms with Crippen molar-refractivity contribution in [1.29, 1.82) is 0 Å². The fourth-order valence-corrected chi connectivity index (χ4v) is 1.89. The third-order valence-corrected chi connectivity index (χ3v) is 2.85. The second kappa shape index (κ2) is 5.47. The van der Waals surface area contributed by atoms with Crippen molar-refractivity contribution in [3.05, 3.63) is 0 Å². The molecule has 0 aromatic carbocycles. The van der Waals surface area contributed by atoms with Crippen molar-refractivity contribution >= 4 is 5.97 Å². The SMILES string of the molecule is CCN1CC[C@@H](N)[C@H](C(=O)OC(C)C)C1. The molecule has 1 aliphatic heterocycles. The van der Waals surface area contributed by atoms with E-state index in [4.69, 9.17) is 10.5 Å². The van der Waals surface area contributed by atoms with Gasteiger partial charge in [0.05, 0.1) is 12.0 Å². The summed E-state index contributed by atoms with van der Waals surface area (Å²) in [5.74, 6) is -0.295. The summed E-state index contributed by atoms with van der Waals surface area (Å²) in [4.78, 5) is 14.0.